The molecule has 0 bridgehead atoms. The van der Waals surface area contributed by atoms with Crippen molar-refractivity contribution in [2.45, 2.75) is 6.54 Å². The van der Waals surface area contributed by atoms with Gasteiger partial charge in [0.1, 0.15) is 16.7 Å². The van der Waals surface area contributed by atoms with Crippen LogP contribution in [0.5, 0.6) is 0 Å². The third-order valence-corrected chi connectivity index (χ3v) is 5.56. The van der Waals surface area contributed by atoms with Crippen LogP contribution in [-0.2, 0) is 6.54 Å². The zero-order valence-corrected chi connectivity index (χ0v) is 18.6. The number of nitrogens with zero attached hydrogens (tertiary/aromatic N) is 1. The van der Waals surface area contributed by atoms with Crippen molar-refractivity contribution in [2.24, 2.45) is 5.73 Å². The molecule has 0 fully saturated rings. The minimum Gasteiger partial charge on any atom is -0.464 e. The van der Waals surface area contributed by atoms with Gasteiger partial charge in [-0.15, -0.1) is 0 Å². The largest absolute Gasteiger partial charge is 0.464 e. The Bertz CT molecular complexity index is 1500. The van der Waals surface area contributed by atoms with E-state index in [0.29, 0.717) is 12.1 Å². The number of furan rings is 3. The van der Waals surface area contributed by atoms with Crippen LogP contribution in [0.15, 0.2) is 109 Å². The first-order valence-corrected chi connectivity index (χ1v) is 10.6. The Labute approximate surface area is 192 Å². The molecule has 158 valence electrons. The molecule has 5 nitrogen and oxygen atoms in total. The summed E-state index contributed by atoms with van der Waals surface area (Å²) in [5, 5.41) is 11.8. The van der Waals surface area contributed by atoms with E-state index in [2.05, 4.69) is 22.0 Å². The van der Waals surface area contributed by atoms with Crippen molar-refractivity contribution in [1.29, 1.82) is 5.26 Å². The molecule has 0 unspecified atom stereocenters. The fourth-order valence-corrected chi connectivity index (χ4v) is 3.76. The van der Waals surface area contributed by atoms with Crippen molar-refractivity contribution in [3.63, 3.8) is 0 Å². The summed E-state index contributed by atoms with van der Waals surface area (Å²) in [6, 6.07) is 25.0. The molecule has 0 spiro atoms. The first kappa shape index (κ1) is 21.4. The molecule has 0 amide bonds. The summed E-state index contributed by atoms with van der Waals surface area (Å²) in [5.74, 6) is 0. The molecular formula is C26H19BrN2O3. The SMILES string of the molecule is Brc1cccc2occc12.N#Cc1cccc2occc12.NCc1cccc2occc12. The van der Waals surface area contributed by atoms with E-state index < -0.39 is 0 Å². The van der Waals surface area contributed by atoms with E-state index >= 15 is 0 Å². The van der Waals surface area contributed by atoms with Crippen LogP contribution in [0.3, 0.4) is 0 Å². The lowest BCUT2D eigenvalue weighted by Crippen LogP contribution is -1.95. The van der Waals surface area contributed by atoms with Crippen LogP contribution in [-0.4, -0.2) is 0 Å². The van der Waals surface area contributed by atoms with E-state index in [0.717, 1.165) is 42.9 Å². The van der Waals surface area contributed by atoms with Gasteiger partial charge < -0.3 is 19.0 Å². The van der Waals surface area contributed by atoms with Gasteiger partial charge in [0.05, 0.1) is 30.4 Å². The van der Waals surface area contributed by atoms with Crippen LogP contribution in [0.2, 0.25) is 0 Å². The van der Waals surface area contributed by atoms with Gasteiger partial charge in [-0.05, 0) is 54.1 Å². The van der Waals surface area contributed by atoms with Crippen molar-refractivity contribution in [3.05, 3.63) is 107 Å². The highest BCUT2D eigenvalue weighted by Crippen LogP contribution is 2.24. The van der Waals surface area contributed by atoms with E-state index in [1.165, 1.54) is 0 Å². The lowest BCUT2D eigenvalue weighted by atomic mass is 10.1. The normalized spacial score (nSPS) is 10.3. The summed E-state index contributed by atoms with van der Waals surface area (Å²) in [4.78, 5) is 0. The quantitative estimate of drug-likeness (QED) is 0.261. The van der Waals surface area contributed by atoms with Gasteiger partial charge in [0.2, 0.25) is 0 Å². The monoisotopic (exact) mass is 486 g/mol. The Morgan fingerprint density at radius 2 is 1.22 bits per heavy atom. The number of halogens is 1. The summed E-state index contributed by atoms with van der Waals surface area (Å²) in [6.07, 6.45) is 4.96. The maximum atomic E-state index is 8.66. The first-order valence-electron chi connectivity index (χ1n) is 9.84. The van der Waals surface area contributed by atoms with Crippen molar-refractivity contribution in [3.8, 4) is 6.07 Å². The second-order valence-corrected chi connectivity index (χ2v) is 7.63. The summed E-state index contributed by atoms with van der Waals surface area (Å²) in [5.41, 5.74) is 9.94. The number of nitriles is 1. The van der Waals surface area contributed by atoms with Gasteiger partial charge in [-0.25, -0.2) is 0 Å². The van der Waals surface area contributed by atoms with E-state index in [4.69, 9.17) is 24.2 Å². The summed E-state index contributed by atoms with van der Waals surface area (Å²) < 4.78 is 16.6. The van der Waals surface area contributed by atoms with Crippen molar-refractivity contribution in [1.82, 2.24) is 0 Å². The lowest BCUT2D eigenvalue weighted by Gasteiger charge is -1.95. The second kappa shape index (κ2) is 10.0. The molecule has 3 aromatic carbocycles. The zero-order chi connectivity index (χ0) is 22.3. The van der Waals surface area contributed by atoms with E-state index in [9.17, 15) is 0 Å². The third-order valence-electron chi connectivity index (χ3n) is 4.86. The molecule has 0 atom stereocenters. The van der Waals surface area contributed by atoms with Gasteiger partial charge in [0, 0.05) is 27.2 Å². The number of fused-ring (bicyclic) bond motifs is 3. The highest BCUT2D eigenvalue weighted by molar-refractivity contribution is 9.10. The molecule has 3 heterocycles. The zero-order valence-electron chi connectivity index (χ0n) is 17.0. The topological polar surface area (TPSA) is 89.2 Å². The fourth-order valence-electron chi connectivity index (χ4n) is 3.28. The molecule has 0 saturated carbocycles. The smallest absolute Gasteiger partial charge is 0.135 e. The minimum atomic E-state index is 0.566. The summed E-state index contributed by atoms with van der Waals surface area (Å²) in [6.45, 7) is 0.566. The van der Waals surface area contributed by atoms with Crippen LogP contribution in [0, 0.1) is 11.3 Å². The van der Waals surface area contributed by atoms with Crippen molar-refractivity contribution in [2.75, 3.05) is 0 Å². The Morgan fingerprint density at radius 1 is 0.688 bits per heavy atom. The minimum absolute atomic E-state index is 0.566. The van der Waals surface area contributed by atoms with Crippen LogP contribution in [0.1, 0.15) is 11.1 Å². The molecule has 0 aliphatic rings. The molecular weight excluding hydrogens is 468 g/mol. The number of benzene rings is 3. The molecule has 0 radical (unpaired) electrons. The fraction of sp³-hybridized carbons (Fsp3) is 0.0385. The average molecular weight is 487 g/mol. The number of hydrogen-bond acceptors (Lipinski definition) is 5. The second-order valence-electron chi connectivity index (χ2n) is 6.78. The van der Waals surface area contributed by atoms with E-state index in [-0.39, 0.29) is 0 Å². The number of nitrogens with two attached hydrogens (primary N) is 1. The molecule has 0 aliphatic heterocycles. The summed E-state index contributed by atoms with van der Waals surface area (Å²) >= 11 is 3.42. The van der Waals surface area contributed by atoms with Crippen molar-refractivity contribution >= 4 is 48.8 Å². The third kappa shape index (κ3) is 4.59. The van der Waals surface area contributed by atoms with Crippen LogP contribution < -0.4 is 5.73 Å². The molecule has 2 N–H and O–H groups in total. The maximum absolute atomic E-state index is 8.66. The van der Waals surface area contributed by atoms with Gasteiger partial charge in [-0.1, -0.05) is 40.2 Å². The van der Waals surface area contributed by atoms with Gasteiger partial charge in [-0.2, -0.15) is 5.26 Å². The van der Waals surface area contributed by atoms with Crippen molar-refractivity contribution < 1.29 is 13.3 Å². The first-order chi connectivity index (χ1) is 15.7. The van der Waals surface area contributed by atoms with Gasteiger partial charge in [0.25, 0.3) is 0 Å². The predicted octanol–water partition coefficient (Wildman–Crippen LogP) is 7.39. The van der Waals surface area contributed by atoms with Crippen LogP contribution in [0.25, 0.3) is 32.9 Å². The Balaban J connectivity index is 0.000000115. The number of hydrogen-bond donors (Lipinski definition) is 1. The Morgan fingerprint density at radius 3 is 1.84 bits per heavy atom. The highest BCUT2D eigenvalue weighted by Gasteiger charge is 2.01. The summed E-state index contributed by atoms with van der Waals surface area (Å²) in [7, 11) is 0. The molecule has 6 rings (SSSR count). The van der Waals surface area contributed by atoms with Crippen LogP contribution >= 0.6 is 15.9 Å². The highest BCUT2D eigenvalue weighted by atomic mass is 79.9. The van der Waals surface area contributed by atoms with Gasteiger partial charge in [0.15, 0.2) is 0 Å². The molecule has 3 aromatic heterocycles. The molecule has 32 heavy (non-hydrogen) atoms. The number of rotatable bonds is 1. The standard InChI is InChI=1S/C9H9NO.C9H5NO.C8H5BrO/c2*10-6-7-2-1-3-9-8(7)4-5-11-9;9-7-2-1-3-8-6(7)4-5-10-8/h1-5H,6,10H2;1-5H;1-5H. The molecule has 6 heteroatoms. The predicted molar refractivity (Wildman–Crippen MR) is 129 cm³/mol. The lowest BCUT2D eigenvalue weighted by molar-refractivity contribution is 0.615. The van der Waals surface area contributed by atoms with E-state index in [1.807, 2.05) is 60.7 Å². The average Bonchev–Trinajstić information content (AvgIpc) is 3.59. The van der Waals surface area contributed by atoms with Gasteiger partial charge >= 0.3 is 0 Å². The Kier molecular flexibility index (Phi) is 6.71. The Hall–Kier alpha value is -3.79. The van der Waals surface area contributed by atoms with Crippen LogP contribution in [0.4, 0.5) is 0 Å². The van der Waals surface area contributed by atoms with E-state index in [1.54, 1.807) is 30.9 Å². The molecule has 6 aromatic rings. The molecule has 0 aliphatic carbocycles. The molecule has 0 saturated heterocycles. The maximum Gasteiger partial charge on any atom is 0.135 e. The van der Waals surface area contributed by atoms with Gasteiger partial charge in [-0.3, -0.25) is 0 Å².